The maximum atomic E-state index is 2.56. The average molecular weight is 669 g/mol. The number of fused-ring (bicyclic) bond motifs is 10. The molecule has 3 heteroatoms. The summed E-state index contributed by atoms with van der Waals surface area (Å²) in [6.07, 6.45) is 9.19. The summed E-state index contributed by atoms with van der Waals surface area (Å²) in [4.78, 5) is 2.56. The van der Waals surface area contributed by atoms with Crippen molar-refractivity contribution < 1.29 is 0 Å². The van der Waals surface area contributed by atoms with E-state index in [0.717, 1.165) is 0 Å². The van der Waals surface area contributed by atoms with Crippen molar-refractivity contribution in [3.8, 4) is 27.9 Å². The van der Waals surface area contributed by atoms with Gasteiger partial charge in [0.2, 0.25) is 0 Å². The second-order valence-electron chi connectivity index (χ2n) is 13.7. The fourth-order valence-corrected chi connectivity index (χ4v) is 9.82. The van der Waals surface area contributed by atoms with E-state index in [4.69, 9.17) is 0 Å². The molecule has 1 aliphatic carbocycles. The molecule has 0 bridgehead atoms. The SMILES string of the molecule is C1=CC2c3cc4c5ccc6c7ccccc7sc6c5n(-c5ccccc5)c4cc3N(c3ccc(-c4cccc(-c5ccccc5)c4)cc3)C2C=C1. The van der Waals surface area contributed by atoms with E-state index < -0.39 is 0 Å². The first kappa shape index (κ1) is 28.7. The molecule has 2 aliphatic rings. The third kappa shape index (κ3) is 4.35. The van der Waals surface area contributed by atoms with Crippen molar-refractivity contribution in [1.29, 1.82) is 0 Å². The second-order valence-corrected chi connectivity index (χ2v) is 14.7. The van der Waals surface area contributed by atoms with Crippen molar-refractivity contribution in [2.24, 2.45) is 0 Å². The summed E-state index contributed by atoms with van der Waals surface area (Å²) in [5, 5.41) is 5.27. The van der Waals surface area contributed by atoms with Gasteiger partial charge >= 0.3 is 0 Å². The molecule has 3 heterocycles. The van der Waals surface area contributed by atoms with Crippen LogP contribution in [0.2, 0.25) is 0 Å². The molecule has 2 aromatic heterocycles. The number of nitrogens with zero attached hydrogens (tertiary/aromatic N) is 2. The highest BCUT2D eigenvalue weighted by molar-refractivity contribution is 7.26. The summed E-state index contributed by atoms with van der Waals surface area (Å²) in [5.41, 5.74) is 12.5. The first-order chi connectivity index (χ1) is 25.3. The molecule has 11 rings (SSSR count). The number of hydrogen-bond acceptors (Lipinski definition) is 2. The van der Waals surface area contributed by atoms with Gasteiger partial charge in [-0.05, 0) is 76.3 Å². The van der Waals surface area contributed by atoms with E-state index in [1.165, 1.54) is 86.9 Å². The second kappa shape index (κ2) is 11.2. The predicted octanol–water partition coefficient (Wildman–Crippen LogP) is 13.2. The van der Waals surface area contributed by atoms with E-state index >= 15 is 0 Å². The quantitative estimate of drug-likeness (QED) is 0.181. The van der Waals surface area contributed by atoms with Gasteiger partial charge in [0.15, 0.2) is 0 Å². The average Bonchev–Trinajstić information content (AvgIpc) is 3.85. The molecular formula is C48H32N2S. The van der Waals surface area contributed by atoms with Crippen LogP contribution < -0.4 is 4.90 Å². The van der Waals surface area contributed by atoms with Crippen LogP contribution in [0.25, 0.3) is 69.9 Å². The van der Waals surface area contributed by atoms with Crippen LogP contribution in [0.15, 0.2) is 182 Å². The number of rotatable bonds is 4. The zero-order chi connectivity index (χ0) is 33.5. The Balaban J connectivity index is 1.10. The highest BCUT2D eigenvalue weighted by Gasteiger charge is 2.38. The Labute approximate surface area is 300 Å². The molecule has 240 valence electrons. The molecule has 1 aliphatic heterocycles. The van der Waals surface area contributed by atoms with Gasteiger partial charge in [-0.2, -0.15) is 0 Å². The number of benzene rings is 7. The third-order valence-electron chi connectivity index (χ3n) is 10.9. The Kier molecular flexibility index (Phi) is 6.28. The minimum Gasteiger partial charge on any atom is -0.333 e. The predicted molar refractivity (Wildman–Crippen MR) is 218 cm³/mol. The zero-order valence-electron chi connectivity index (χ0n) is 27.8. The van der Waals surface area contributed by atoms with Gasteiger partial charge in [0.1, 0.15) is 0 Å². The lowest BCUT2D eigenvalue weighted by Gasteiger charge is -2.29. The molecule has 7 aromatic carbocycles. The fraction of sp³-hybridized carbons (Fsp3) is 0.0417. The molecular weight excluding hydrogens is 637 g/mol. The Bertz CT molecular complexity index is 2860. The van der Waals surface area contributed by atoms with Crippen molar-refractivity contribution in [3.63, 3.8) is 0 Å². The van der Waals surface area contributed by atoms with Gasteiger partial charge in [-0.3, -0.25) is 0 Å². The summed E-state index contributed by atoms with van der Waals surface area (Å²) in [6, 6.07) is 58.3. The van der Waals surface area contributed by atoms with Crippen LogP contribution >= 0.6 is 11.3 Å². The highest BCUT2D eigenvalue weighted by Crippen LogP contribution is 2.51. The van der Waals surface area contributed by atoms with Gasteiger partial charge in [-0.25, -0.2) is 0 Å². The van der Waals surface area contributed by atoms with Gasteiger partial charge in [-0.15, -0.1) is 11.3 Å². The minimum atomic E-state index is 0.217. The minimum absolute atomic E-state index is 0.217. The molecule has 0 amide bonds. The molecule has 2 nitrogen and oxygen atoms in total. The maximum absolute atomic E-state index is 2.56. The van der Waals surface area contributed by atoms with Crippen LogP contribution in [0.3, 0.4) is 0 Å². The summed E-state index contributed by atoms with van der Waals surface area (Å²) in [5.74, 6) is 0.278. The van der Waals surface area contributed by atoms with E-state index in [9.17, 15) is 0 Å². The van der Waals surface area contributed by atoms with Crippen molar-refractivity contribution >= 4 is 64.7 Å². The van der Waals surface area contributed by atoms with Gasteiger partial charge in [0.25, 0.3) is 0 Å². The van der Waals surface area contributed by atoms with Crippen LogP contribution in [0, 0.1) is 0 Å². The number of allylic oxidation sites excluding steroid dienone is 2. The standard InChI is InChI=1S/C48H32N2S/c1-3-12-31(13-4-1)33-14-11-15-34(28-33)32-22-24-36(25-23-32)49-43-20-9-7-18-37(43)41-29-42-39-26-27-40-38-19-8-10-21-46(38)51-48(40)47(39)50(45(42)30-44(41)49)35-16-5-2-6-17-35/h1-30,37,43H. The van der Waals surface area contributed by atoms with Crippen LogP contribution in [0.5, 0.6) is 0 Å². The number of hydrogen-bond donors (Lipinski definition) is 0. The Morgan fingerprint density at radius 2 is 1.16 bits per heavy atom. The van der Waals surface area contributed by atoms with E-state index in [0.29, 0.717) is 0 Å². The van der Waals surface area contributed by atoms with Crippen LogP contribution in [-0.4, -0.2) is 10.6 Å². The molecule has 2 unspecified atom stereocenters. The number of thiophene rings is 1. The van der Waals surface area contributed by atoms with Crippen molar-refractivity contribution in [1.82, 2.24) is 4.57 Å². The summed E-state index contributed by atoms with van der Waals surface area (Å²) >= 11 is 1.91. The Morgan fingerprint density at radius 3 is 1.98 bits per heavy atom. The molecule has 51 heavy (non-hydrogen) atoms. The normalized spacial score (nSPS) is 16.4. The lowest BCUT2D eigenvalue weighted by molar-refractivity contribution is 0.745. The fourth-order valence-electron chi connectivity index (χ4n) is 8.57. The van der Waals surface area contributed by atoms with Crippen molar-refractivity contribution in [2.45, 2.75) is 12.0 Å². The molecule has 2 atom stereocenters. The Hall–Kier alpha value is -6.16. The monoisotopic (exact) mass is 668 g/mol. The summed E-state index contributed by atoms with van der Waals surface area (Å²) in [7, 11) is 0. The lowest BCUT2D eigenvalue weighted by atomic mass is 9.90. The molecule has 0 N–H and O–H groups in total. The first-order valence-electron chi connectivity index (χ1n) is 17.7. The number of aromatic nitrogens is 1. The van der Waals surface area contributed by atoms with Crippen molar-refractivity contribution in [2.75, 3.05) is 4.90 Å². The Morgan fingerprint density at radius 1 is 0.471 bits per heavy atom. The molecule has 0 saturated carbocycles. The van der Waals surface area contributed by atoms with Gasteiger partial charge < -0.3 is 9.47 Å². The van der Waals surface area contributed by atoms with E-state index in [1.807, 2.05) is 11.3 Å². The number of para-hydroxylation sites is 1. The van der Waals surface area contributed by atoms with Gasteiger partial charge in [0, 0.05) is 49.2 Å². The van der Waals surface area contributed by atoms with E-state index in [2.05, 4.69) is 191 Å². The summed E-state index contributed by atoms with van der Waals surface area (Å²) < 4.78 is 5.18. The lowest BCUT2D eigenvalue weighted by Crippen LogP contribution is -2.28. The zero-order valence-corrected chi connectivity index (χ0v) is 28.6. The molecule has 0 spiro atoms. The van der Waals surface area contributed by atoms with E-state index in [1.54, 1.807) is 0 Å². The largest absolute Gasteiger partial charge is 0.333 e. The van der Waals surface area contributed by atoms with Crippen LogP contribution in [-0.2, 0) is 0 Å². The highest BCUT2D eigenvalue weighted by atomic mass is 32.1. The first-order valence-corrected chi connectivity index (χ1v) is 18.5. The third-order valence-corrected chi connectivity index (χ3v) is 12.1. The van der Waals surface area contributed by atoms with Crippen LogP contribution in [0.1, 0.15) is 11.5 Å². The van der Waals surface area contributed by atoms with Gasteiger partial charge in [-0.1, -0.05) is 133 Å². The topological polar surface area (TPSA) is 8.17 Å². The number of anilines is 2. The molecule has 0 radical (unpaired) electrons. The smallest absolute Gasteiger partial charge is 0.0719 e. The molecule has 0 fully saturated rings. The summed E-state index contributed by atoms with van der Waals surface area (Å²) in [6.45, 7) is 0. The van der Waals surface area contributed by atoms with Crippen LogP contribution in [0.4, 0.5) is 11.4 Å². The molecule has 0 saturated heterocycles. The van der Waals surface area contributed by atoms with Crippen molar-refractivity contribution in [3.05, 3.63) is 188 Å². The van der Waals surface area contributed by atoms with Gasteiger partial charge in [0.05, 0.1) is 21.8 Å². The van der Waals surface area contributed by atoms with E-state index in [-0.39, 0.29) is 12.0 Å². The molecule has 9 aromatic rings. The maximum Gasteiger partial charge on any atom is 0.0719 e.